The first-order valence-electron chi connectivity index (χ1n) is 6.49. The quantitative estimate of drug-likeness (QED) is 0.773. The molecular weight excluding hydrogens is 204 g/mol. The molecule has 0 radical (unpaired) electrons. The van der Waals surface area contributed by atoms with E-state index in [0.717, 1.165) is 25.7 Å². The summed E-state index contributed by atoms with van der Waals surface area (Å²) in [5, 5.41) is 3.31. The minimum atomic E-state index is 0.255. The normalized spacial score (nSPS) is 42.3. The molecule has 0 aromatic carbocycles. The van der Waals surface area contributed by atoms with Crippen molar-refractivity contribution in [2.75, 3.05) is 6.54 Å². The SMILES string of the molecule is CCCC1NCC(=O)N1C1CC2CCC1O2. The van der Waals surface area contributed by atoms with Crippen LogP contribution in [0.5, 0.6) is 0 Å². The van der Waals surface area contributed by atoms with Crippen molar-refractivity contribution < 1.29 is 9.53 Å². The van der Waals surface area contributed by atoms with Crippen molar-refractivity contribution in [3.8, 4) is 0 Å². The molecular formula is C12H20N2O2. The van der Waals surface area contributed by atoms with Crippen LogP contribution in [0.2, 0.25) is 0 Å². The molecule has 90 valence electrons. The van der Waals surface area contributed by atoms with E-state index in [1.807, 2.05) is 0 Å². The van der Waals surface area contributed by atoms with E-state index >= 15 is 0 Å². The number of ether oxygens (including phenoxy) is 1. The molecule has 4 atom stereocenters. The molecule has 0 aromatic heterocycles. The third kappa shape index (κ3) is 1.55. The molecule has 0 aliphatic carbocycles. The Morgan fingerprint density at radius 1 is 1.50 bits per heavy atom. The molecule has 1 N–H and O–H groups in total. The van der Waals surface area contributed by atoms with Crippen molar-refractivity contribution >= 4 is 5.91 Å². The summed E-state index contributed by atoms with van der Waals surface area (Å²) in [5.41, 5.74) is 0. The molecule has 16 heavy (non-hydrogen) atoms. The van der Waals surface area contributed by atoms with E-state index in [0.29, 0.717) is 24.8 Å². The number of hydrogen-bond donors (Lipinski definition) is 1. The zero-order chi connectivity index (χ0) is 11.1. The lowest BCUT2D eigenvalue weighted by Crippen LogP contribution is -2.48. The van der Waals surface area contributed by atoms with Gasteiger partial charge in [0.05, 0.1) is 31.0 Å². The van der Waals surface area contributed by atoms with Crippen molar-refractivity contribution in [1.29, 1.82) is 0 Å². The molecule has 4 unspecified atom stereocenters. The first-order valence-corrected chi connectivity index (χ1v) is 6.49. The Hall–Kier alpha value is -0.610. The van der Waals surface area contributed by atoms with Gasteiger partial charge in [0, 0.05) is 0 Å². The van der Waals surface area contributed by atoms with Crippen LogP contribution in [0.25, 0.3) is 0 Å². The number of carbonyl (C=O) groups is 1. The van der Waals surface area contributed by atoms with Crippen molar-refractivity contribution in [1.82, 2.24) is 10.2 Å². The number of hydrogen-bond acceptors (Lipinski definition) is 3. The van der Waals surface area contributed by atoms with Gasteiger partial charge < -0.3 is 9.64 Å². The van der Waals surface area contributed by atoms with E-state index in [-0.39, 0.29) is 12.1 Å². The summed E-state index contributed by atoms with van der Waals surface area (Å²) in [6.07, 6.45) is 6.54. The molecule has 0 aromatic rings. The summed E-state index contributed by atoms with van der Waals surface area (Å²) in [6, 6.07) is 0.345. The molecule has 3 aliphatic rings. The second-order valence-corrected chi connectivity index (χ2v) is 5.16. The van der Waals surface area contributed by atoms with Crippen LogP contribution in [-0.4, -0.2) is 41.8 Å². The molecule has 3 aliphatic heterocycles. The highest BCUT2D eigenvalue weighted by atomic mass is 16.5. The van der Waals surface area contributed by atoms with Crippen molar-refractivity contribution in [3.63, 3.8) is 0 Å². The van der Waals surface area contributed by atoms with Crippen LogP contribution in [0.4, 0.5) is 0 Å². The van der Waals surface area contributed by atoms with Crippen LogP contribution in [0.15, 0.2) is 0 Å². The monoisotopic (exact) mass is 224 g/mol. The van der Waals surface area contributed by atoms with Gasteiger partial charge in [0.25, 0.3) is 0 Å². The first kappa shape index (κ1) is 10.5. The van der Waals surface area contributed by atoms with Gasteiger partial charge in [0.1, 0.15) is 0 Å². The van der Waals surface area contributed by atoms with Crippen LogP contribution < -0.4 is 5.32 Å². The molecule has 1 amide bonds. The van der Waals surface area contributed by atoms with Crippen molar-refractivity contribution in [3.05, 3.63) is 0 Å². The zero-order valence-electron chi connectivity index (χ0n) is 9.82. The molecule has 4 nitrogen and oxygen atoms in total. The smallest absolute Gasteiger partial charge is 0.238 e. The second kappa shape index (κ2) is 4.00. The highest BCUT2D eigenvalue weighted by Crippen LogP contribution is 2.38. The third-order valence-corrected chi connectivity index (χ3v) is 4.11. The average molecular weight is 224 g/mol. The van der Waals surface area contributed by atoms with Crippen molar-refractivity contribution in [2.45, 2.75) is 63.4 Å². The lowest BCUT2D eigenvalue weighted by atomic mass is 9.94. The van der Waals surface area contributed by atoms with Crippen LogP contribution in [-0.2, 0) is 9.53 Å². The van der Waals surface area contributed by atoms with Crippen molar-refractivity contribution in [2.24, 2.45) is 0 Å². The van der Waals surface area contributed by atoms with E-state index < -0.39 is 0 Å². The van der Waals surface area contributed by atoms with E-state index in [1.165, 1.54) is 6.42 Å². The molecule has 2 bridgehead atoms. The van der Waals surface area contributed by atoms with Gasteiger partial charge in [-0.15, -0.1) is 0 Å². The minimum absolute atomic E-state index is 0.255. The zero-order valence-corrected chi connectivity index (χ0v) is 9.82. The van der Waals surface area contributed by atoms with Crippen LogP contribution in [0, 0.1) is 0 Å². The van der Waals surface area contributed by atoms with Gasteiger partial charge in [-0.25, -0.2) is 0 Å². The maximum absolute atomic E-state index is 11.9. The fraction of sp³-hybridized carbons (Fsp3) is 0.917. The Morgan fingerprint density at radius 3 is 3.00 bits per heavy atom. The van der Waals surface area contributed by atoms with Gasteiger partial charge in [-0.2, -0.15) is 0 Å². The highest BCUT2D eigenvalue weighted by Gasteiger charge is 2.48. The predicted octanol–water partition coefficient (Wildman–Crippen LogP) is 0.864. The summed E-state index contributed by atoms with van der Waals surface area (Å²) < 4.78 is 5.85. The third-order valence-electron chi connectivity index (χ3n) is 4.11. The highest BCUT2D eigenvalue weighted by molar-refractivity contribution is 5.81. The number of fused-ring (bicyclic) bond motifs is 2. The largest absolute Gasteiger partial charge is 0.373 e. The molecule has 4 heteroatoms. The second-order valence-electron chi connectivity index (χ2n) is 5.16. The molecule has 3 heterocycles. The summed E-state index contributed by atoms with van der Waals surface area (Å²) >= 11 is 0. The van der Waals surface area contributed by atoms with Crippen LogP contribution in [0.3, 0.4) is 0 Å². The van der Waals surface area contributed by atoms with E-state index in [4.69, 9.17) is 4.74 Å². The fourth-order valence-corrected chi connectivity index (χ4v) is 3.40. The minimum Gasteiger partial charge on any atom is -0.373 e. The van der Waals surface area contributed by atoms with Crippen LogP contribution >= 0.6 is 0 Å². The lowest BCUT2D eigenvalue weighted by molar-refractivity contribution is -0.131. The Bertz CT molecular complexity index is 295. The molecule has 3 saturated heterocycles. The molecule has 3 fully saturated rings. The summed E-state index contributed by atoms with van der Waals surface area (Å²) in [5.74, 6) is 0.264. The van der Waals surface area contributed by atoms with Gasteiger partial charge in [-0.05, 0) is 25.7 Å². The molecule has 0 spiro atoms. The summed E-state index contributed by atoms with van der Waals surface area (Å²) in [7, 11) is 0. The first-order chi connectivity index (χ1) is 7.79. The predicted molar refractivity (Wildman–Crippen MR) is 59.8 cm³/mol. The van der Waals surface area contributed by atoms with Gasteiger partial charge in [-0.1, -0.05) is 13.3 Å². The van der Waals surface area contributed by atoms with Gasteiger partial charge >= 0.3 is 0 Å². The topological polar surface area (TPSA) is 41.6 Å². The summed E-state index contributed by atoms with van der Waals surface area (Å²) in [4.78, 5) is 14.0. The Balaban J connectivity index is 1.74. The maximum atomic E-state index is 11.9. The molecule has 0 saturated carbocycles. The number of rotatable bonds is 3. The molecule has 3 rings (SSSR count). The van der Waals surface area contributed by atoms with Crippen LogP contribution in [0.1, 0.15) is 39.0 Å². The lowest BCUT2D eigenvalue weighted by Gasteiger charge is -2.33. The standard InChI is InChI=1S/C12H20N2O2/c1-2-3-11-13-7-12(15)14(11)9-6-8-4-5-10(9)16-8/h8-11,13H,2-7H2,1H3. The van der Waals surface area contributed by atoms with E-state index in [1.54, 1.807) is 0 Å². The average Bonchev–Trinajstić information content (AvgIpc) is 2.94. The fourth-order valence-electron chi connectivity index (χ4n) is 3.40. The number of carbonyl (C=O) groups excluding carboxylic acids is 1. The van der Waals surface area contributed by atoms with E-state index in [2.05, 4.69) is 17.1 Å². The van der Waals surface area contributed by atoms with Gasteiger partial charge in [0.2, 0.25) is 5.91 Å². The number of nitrogens with one attached hydrogen (secondary N) is 1. The Labute approximate surface area is 96.3 Å². The van der Waals surface area contributed by atoms with E-state index in [9.17, 15) is 4.79 Å². The maximum Gasteiger partial charge on any atom is 0.238 e. The summed E-state index contributed by atoms with van der Waals surface area (Å²) in [6.45, 7) is 2.68. The number of amides is 1. The Morgan fingerprint density at radius 2 is 2.38 bits per heavy atom. The Kier molecular flexibility index (Phi) is 2.64. The number of nitrogens with zero attached hydrogens (tertiary/aromatic N) is 1. The van der Waals surface area contributed by atoms with Gasteiger partial charge in [-0.3, -0.25) is 10.1 Å². The van der Waals surface area contributed by atoms with Gasteiger partial charge in [0.15, 0.2) is 0 Å².